The Morgan fingerprint density at radius 1 is 1.29 bits per heavy atom. The minimum Gasteiger partial charge on any atom is -0.438 e. The van der Waals surface area contributed by atoms with E-state index in [2.05, 4.69) is 23.8 Å². The molecule has 3 nitrogen and oxygen atoms in total. The molecule has 0 aromatic carbocycles. The van der Waals surface area contributed by atoms with Gasteiger partial charge in [-0.25, -0.2) is 4.79 Å². The van der Waals surface area contributed by atoms with Crippen molar-refractivity contribution in [3.63, 3.8) is 0 Å². The van der Waals surface area contributed by atoms with E-state index in [0.717, 1.165) is 25.7 Å². The van der Waals surface area contributed by atoms with Gasteiger partial charge in [0, 0.05) is 0 Å². The zero-order chi connectivity index (χ0) is 10.4. The molecular formula is C11H18O3. The molecular weight excluding hydrogens is 180 g/mol. The van der Waals surface area contributed by atoms with Gasteiger partial charge in [-0.15, -0.1) is 0 Å². The van der Waals surface area contributed by atoms with Gasteiger partial charge < -0.3 is 9.47 Å². The lowest BCUT2D eigenvalue weighted by Gasteiger charge is -2.23. The second kappa shape index (κ2) is 5.68. The second-order valence-corrected chi connectivity index (χ2v) is 3.71. The monoisotopic (exact) mass is 198 g/mol. The molecule has 2 atom stereocenters. The lowest BCUT2D eigenvalue weighted by atomic mass is 9.93. The molecule has 1 aliphatic carbocycles. The van der Waals surface area contributed by atoms with E-state index >= 15 is 0 Å². The highest BCUT2D eigenvalue weighted by Gasteiger charge is 2.21. The summed E-state index contributed by atoms with van der Waals surface area (Å²) in [6, 6.07) is 0. The largest absolute Gasteiger partial charge is 0.508 e. The van der Waals surface area contributed by atoms with Gasteiger partial charge >= 0.3 is 6.16 Å². The number of methoxy groups -OCH3 is 1. The quantitative estimate of drug-likeness (QED) is 0.480. The molecule has 0 N–H and O–H groups in total. The van der Waals surface area contributed by atoms with Crippen molar-refractivity contribution >= 4 is 6.16 Å². The number of hydrogen-bond acceptors (Lipinski definition) is 3. The molecule has 0 amide bonds. The smallest absolute Gasteiger partial charge is 0.438 e. The highest BCUT2D eigenvalue weighted by atomic mass is 16.7. The molecule has 0 heterocycles. The Kier molecular flexibility index (Phi) is 4.50. The van der Waals surface area contributed by atoms with E-state index in [9.17, 15) is 4.79 Å². The van der Waals surface area contributed by atoms with E-state index < -0.39 is 6.16 Å². The number of carbonyl (C=O) groups is 1. The molecule has 3 heteroatoms. The van der Waals surface area contributed by atoms with E-state index in [4.69, 9.17) is 4.74 Å². The maximum atomic E-state index is 11.0. The van der Waals surface area contributed by atoms with E-state index in [0.29, 0.717) is 5.92 Å². The van der Waals surface area contributed by atoms with Crippen molar-refractivity contribution < 1.29 is 14.3 Å². The zero-order valence-electron chi connectivity index (χ0n) is 8.86. The molecule has 1 rings (SSSR count). The predicted molar refractivity (Wildman–Crippen MR) is 54.1 cm³/mol. The third-order valence-electron chi connectivity index (χ3n) is 2.62. The lowest BCUT2D eigenvalue weighted by molar-refractivity contribution is 0.0109. The van der Waals surface area contributed by atoms with Crippen molar-refractivity contribution in [2.75, 3.05) is 7.11 Å². The molecule has 0 spiro atoms. The minimum atomic E-state index is -0.564. The van der Waals surface area contributed by atoms with Crippen molar-refractivity contribution in [2.45, 2.75) is 38.7 Å². The summed E-state index contributed by atoms with van der Waals surface area (Å²) in [5.74, 6) is 0.416. The van der Waals surface area contributed by atoms with Gasteiger partial charge in [-0.3, -0.25) is 0 Å². The van der Waals surface area contributed by atoms with E-state index in [1.54, 1.807) is 0 Å². The first-order valence-electron chi connectivity index (χ1n) is 5.13. The van der Waals surface area contributed by atoms with Crippen LogP contribution in [0.5, 0.6) is 0 Å². The Balaban J connectivity index is 2.47. The Bertz CT molecular complexity index is 211. The highest BCUT2D eigenvalue weighted by molar-refractivity contribution is 5.59. The molecule has 0 saturated carbocycles. The fraction of sp³-hybridized carbons (Fsp3) is 0.727. The number of ether oxygens (including phenoxy) is 2. The van der Waals surface area contributed by atoms with Gasteiger partial charge in [0.1, 0.15) is 6.10 Å². The van der Waals surface area contributed by atoms with Crippen molar-refractivity contribution in [3.8, 4) is 0 Å². The number of hydrogen-bond donors (Lipinski definition) is 0. The van der Waals surface area contributed by atoms with Gasteiger partial charge in [0.15, 0.2) is 0 Å². The molecule has 0 aromatic heterocycles. The first-order valence-corrected chi connectivity index (χ1v) is 5.13. The Labute approximate surface area is 85.1 Å². The standard InChI is InChI=1S/C11H18O3/c1-9-7-5-3-4-6-8-10(9)14-11(12)13-2/h3-4,9-10H,5-8H2,1-2H3/b4-3-. The minimum absolute atomic E-state index is 0.00685. The van der Waals surface area contributed by atoms with Crippen LogP contribution in [0.15, 0.2) is 12.2 Å². The number of carbonyl (C=O) groups excluding carboxylic acids is 1. The summed E-state index contributed by atoms with van der Waals surface area (Å²) in [4.78, 5) is 11.0. The summed E-state index contributed by atoms with van der Waals surface area (Å²) in [5.41, 5.74) is 0. The van der Waals surface area contributed by atoms with Crippen LogP contribution in [-0.2, 0) is 9.47 Å². The Morgan fingerprint density at radius 2 is 1.93 bits per heavy atom. The molecule has 0 fully saturated rings. The molecule has 1 aliphatic rings. The van der Waals surface area contributed by atoms with Crippen molar-refractivity contribution in [3.05, 3.63) is 12.2 Å². The van der Waals surface area contributed by atoms with Crippen LogP contribution in [0.4, 0.5) is 4.79 Å². The summed E-state index contributed by atoms with van der Waals surface area (Å²) < 4.78 is 9.69. The molecule has 0 aliphatic heterocycles. The molecule has 0 saturated heterocycles. The normalized spacial score (nSPS) is 29.9. The van der Waals surface area contributed by atoms with E-state index in [1.807, 2.05) is 0 Å². The zero-order valence-corrected chi connectivity index (χ0v) is 8.86. The van der Waals surface area contributed by atoms with Gasteiger partial charge in [-0.05, 0) is 31.6 Å². The van der Waals surface area contributed by atoms with Crippen LogP contribution in [0.25, 0.3) is 0 Å². The van der Waals surface area contributed by atoms with Crippen LogP contribution >= 0.6 is 0 Å². The van der Waals surface area contributed by atoms with Gasteiger partial charge in [0.2, 0.25) is 0 Å². The topological polar surface area (TPSA) is 35.5 Å². The van der Waals surface area contributed by atoms with Gasteiger partial charge in [0.05, 0.1) is 7.11 Å². The maximum Gasteiger partial charge on any atom is 0.508 e. The van der Waals surface area contributed by atoms with Crippen LogP contribution in [0, 0.1) is 5.92 Å². The van der Waals surface area contributed by atoms with Crippen LogP contribution in [0.1, 0.15) is 32.6 Å². The molecule has 14 heavy (non-hydrogen) atoms. The van der Waals surface area contributed by atoms with Crippen LogP contribution in [-0.4, -0.2) is 19.4 Å². The van der Waals surface area contributed by atoms with Gasteiger partial charge in [0.25, 0.3) is 0 Å². The summed E-state index contributed by atoms with van der Waals surface area (Å²) in [6.07, 6.45) is 7.81. The molecule has 0 radical (unpaired) electrons. The van der Waals surface area contributed by atoms with Gasteiger partial charge in [-0.2, -0.15) is 0 Å². The molecule has 0 aromatic rings. The number of rotatable bonds is 1. The first kappa shape index (κ1) is 11.1. The predicted octanol–water partition coefficient (Wildman–Crippen LogP) is 2.90. The molecule has 0 bridgehead atoms. The second-order valence-electron chi connectivity index (χ2n) is 3.71. The number of allylic oxidation sites excluding steroid dienone is 2. The Hall–Kier alpha value is -0.990. The third kappa shape index (κ3) is 3.40. The average molecular weight is 198 g/mol. The SMILES string of the molecule is COC(=O)OC1CC/C=C\CCC1C. The maximum absolute atomic E-state index is 11.0. The van der Waals surface area contributed by atoms with Crippen molar-refractivity contribution in [1.29, 1.82) is 0 Å². The first-order chi connectivity index (χ1) is 6.74. The van der Waals surface area contributed by atoms with Crippen molar-refractivity contribution in [2.24, 2.45) is 5.92 Å². The summed E-state index contributed by atoms with van der Waals surface area (Å²) in [6.45, 7) is 2.12. The van der Waals surface area contributed by atoms with Crippen molar-refractivity contribution in [1.82, 2.24) is 0 Å². The summed E-state index contributed by atoms with van der Waals surface area (Å²) in [7, 11) is 1.34. The summed E-state index contributed by atoms with van der Waals surface area (Å²) >= 11 is 0. The lowest BCUT2D eigenvalue weighted by Crippen LogP contribution is -2.25. The van der Waals surface area contributed by atoms with Crippen LogP contribution in [0.2, 0.25) is 0 Å². The highest BCUT2D eigenvalue weighted by Crippen LogP contribution is 2.21. The summed E-state index contributed by atoms with van der Waals surface area (Å²) in [5, 5.41) is 0. The van der Waals surface area contributed by atoms with Crippen LogP contribution in [0.3, 0.4) is 0 Å². The molecule has 80 valence electrons. The fourth-order valence-corrected chi connectivity index (χ4v) is 1.67. The van der Waals surface area contributed by atoms with Gasteiger partial charge in [-0.1, -0.05) is 19.1 Å². The third-order valence-corrected chi connectivity index (χ3v) is 2.62. The average Bonchev–Trinajstić information content (AvgIpc) is 2.17. The molecule has 2 unspecified atom stereocenters. The van der Waals surface area contributed by atoms with E-state index in [1.165, 1.54) is 7.11 Å². The van der Waals surface area contributed by atoms with E-state index in [-0.39, 0.29) is 6.10 Å². The fourth-order valence-electron chi connectivity index (χ4n) is 1.67. The van der Waals surface area contributed by atoms with Crippen LogP contribution < -0.4 is 0 Å². The Morgan fingerprint density at radius 3 is 2.57 bits per heavy atom.